The van der Waals surface area contributed by atoms with Gasteiger partial charge < -0.3 is 15.3 Å². The molecule has 2 N–H and O–H groups in total. The molecular weight excluding hydrogens is 276 g/mol. The lowest BCUT2D eigenvalue weighted by molar-refractivity contribution is -0.140. The summed E-state index contributed by atoms with van der Waals surface area (Å²) in [6, 6.07) is 0.264. The van der Waals surface area contributed by atoms with E-state index in [0.29, 0.717) is 12.8 Å². The largest absolute Gasteiger partial charge is 0.380 e. The molecule has 3 fully saturated rings. The lowest BCUT2D eigenvalue weighted by atomic mass is 9.88. The van der Waals surface area contributed by atoms with E-state index in [1.165, 1.54) is 38.6 Å². The Hall–Kier alpha value is -0.610. The average Bonchev–Trinajstić information content (AvgIpc) is 2.98. The fourth-order valence-corrected chi connectivity index (χ4v) is 4.50. The lowest BCUT2D eigenvalue weighted by Gasteiger charge is -2.36. The van der Waals surface area contributed by atoms with Gasteiger partial charge in [0.15, 0.2) is 0 Å². The van der Waals surface area contributed by atoms with Gasteiger partial charge in [0.05, 0.1) is 0 Å². The van der Waals surface area contributed by atoms with Crippen molar-refractivity contribution < 1.29 is 9.90 Å². The van der Waals surface area contributed by atoms with Gasteiger partial charge in [-0.25, -0.2) is 0 Å². The minimum atomic E-state index is -1.07. The zero-order chi connectivity index (χ0) is 15.4. The second kappa shape index (κ2) is 7.31. The number of piperidine rings is 1. The Bertz CT molecular complexity index is 365. The number of carbonyl (C=O) groups is 1. The second-order valence-corrected chi connectivity index (χ2v) is 7.79. The Labute approximate surface area is 134 Å². The summed E-state index contributed by atoms with van der Waals surface area (Å²) in [7, 11) is 0. The molecule has 4 nitrogen and oxygen atoms in total. The molecule has 0 aromatic heterocycles. The van der Waals surface area contributed by atoms with Crippen molar-refractivity contribution >= 4 is 5.91 Å². The van der Waals surface area contributed by atoms with Crippen molar-refractivity contribution in [2.75, 3.05) is 19.6 Å². The van der Waals surface area contributed by atoms with Crippen LogP contribution < -0.4 is 5.32 Å². The van der Waals surface area contributed by atoms with Gasteiger partial charge in [0.1, 0.15) is 5.60 Å². The quantitative estimate of drug-likeness (QED) is 0.839. The van der Waals surface area contributed by atoms with Crippen LogP contribution in [0.1, 0.15) is 70.6 Å². The van der Waals surface area contributed by atoms with Crippen LogP contribution in [0.3, 0.4) is 0 Å². The van der Waals surface area contributed by atoms with Gasteiger partial charge in [0.25, 0.3) is 5.91 Å². The zero-order valence-corrected chi connectivity index (χ0v) is 13.9. The molecule has 0 atom stereocenters. The van der Waals surface area contributed by atoms with E-state index in [0.717, 1.165) is 44.7 Å². The molecule has 126 valence electrons. The molecule has 1 heterocycles. The van der Waals surface area contributed by atoms with Gasteiger partial charge in [-0.05, 0) is 57.3 Å². The third kappa shape index (κ3) is 4.02. The number of nitrogens with zero attached hydrogens (tertiary/aromatic N) is 1. The van der Waals surface area contributed by atoms with Gasteiger partial charge in [0, 0.05) is 25.7 Å². The Morgan fingerprint density at radius 3 is 2.27 bits per heavy atom. The Kier molecular flexibility index (Phi) is 5.40. The smallest absolute Gasteiger partial charge is 0.252 e. The standard InChI is InChI=1S/C18H32N2O2/c21-17(18(22)10-4-5-11-18)19-16-8-12-20(13-9-16)14-15-6-2-1-3-7-15/h15-16,22H,1-14H2,(H,19,21). The average molecular weight is 308 g/mol. The SMILES string of the molecule is O=C(NC1CCN(CC2CCCCC2)CC1)C1(O)CCCC1. The van der Waals surface area contributed by atoms with E-state index in [1.807, 2.05) is 0 Å². The van der Waals surface area contributed by atoms with Crippen LogP contribution >= 0.6 is 0 Å². The number of aliphatic hydroxyl groups is 1. The second-order valence-electron chi connectivity index (χ2n) is 7.79. The van der Waals surface area contributed by atoms with Crippen molar-refractivity contribution in [3.05, 3.63) is 0 Å². The molecule has 2 aliphatic carbocycles. The lowest BCUT2D eigenvalue weighted by Crippen LogP contribution is -2.52. The first-order valence-electron chi connectivity index (χ1n) is 9.41. The van der Waals surface area contributed by atoms with Crippen LogP contribution in [0.25, 0.3) is 0 Å². The minimum absolute atomic E-state index is 0.115. The maximum absolute atomic E-state index is 12.3. The zero-order valence-electron chi connectivity index (χ0n) is 13.9. The number of amides is 1. The van der Waals surface area contributed by atoms with Gasteiger partial charge >= 0.3 is 0 Å². The number of hydrogen-bond acceptors (Lipinski definition) is 3. The maximum Gasteiger partial charge on any atom is 0.252 e. The first-order chi connectivity index (χ1) is 10.7. The van der Waals surface area contributed by atoms with Crippen LogP contribution in [0.2, 0.25) is 0 Å². The molecule has 1 amide bonds. The summed E-state index contributed by atoms with van der Waals surface area (Å²) < 4.78 is 0. The fraction of sp³-hybridized carbons (Fsp3) is 0.944. The van der Waals surface area contributed by atoms with E-state index in [-0.39, 0.29) is 11.9 Å². The predicted molar refractivity (Wildman–Crippen MR) is 87.6 cm³/mol. The van der Waals surface area contributed by atoms with Crippen LogP contribution in [-0.2, 0) is 4.79 Å². The van der Waals surface area contributed by atoms with E-state index in [2.05, 4.69) is 10.2 Å². The number of likely N-dealkylation sites (tertiary alicyclic amines) is 1. The number of nitrogens with one attached hydrogen (secondary N) is 1. The number of rotatable bonds is 4. The van der Waals surface area contributed by atoms with E-state index < -0.39 is 5.60 Å². The van der Waals surface area contributed by atoms with Crippen LogP contribution in [0.5, 0.6) is 0 Å². The van der Waals surface area contributed by atoms with Crippen LogP contribution in [0.15, 0.2) is 0 Å². The van der Waals surface area contributed by atoms with Crippen LogP contribution in [0, 0.1) is 5.92 Å². The predicted octanol–water partition coefficient (Wildman–Crippen LogP) is 2.45. The highest BCUT2D eigenvalue weighted by Gasteiger charge is 2.39. The summed E-state index contributed by atoms with van der Waals surface area (Å²) >= 11 is 0. The van der Waals surface area contributed by atoms with Gasteiger partial charge in [-0.1, -0.05) is 19.3 Å². The van der Waals surface area contributed by atoms with Crippen molar-refractivity contribution in [3.8, 4) is 0 Å². The summed E-state index contributed by atoms with van der Waals surface area (Å²) in [5, 5.41) is 13.4. The van der Waals surface area contributed by atoms with Gasteiger partial charge in [-0.15, -0.1) is 0 Å². The third-order valence-electron chi connectivity index (χ3n) is 6.02. The maximum atomic E-state index is 12.3. The summed E-state index contributed by atoms with van der Waals surface area (Å²) in [5.74, 6) is 0.787. The molecule has 0 radical (unpaired) electrons. The van der Waals surface area contributed by atoms with E-state index in [9.17, 15) is 9.90 Å². The van der Waals surface area contributed by atoms with Crippen molar-refractivity contribution in [3.63, 3.8) is 0 Å². The molecular formula is C18H32N2O2. The molecule has 22 heavy (non-hydrogen) atoms. The highest BCUT2D eigenvalue weighted by Crippen LogP contribution is 2.30. The molecule has 4 heteroatoms. The highest BCUT2D eigenvalue weighted by molar-refractivity contribution is 5.85. The van der Waals surface area contributed by atoms with Crippen molar-refractivity contribution in [2.24, 2.45) is 5.92 Å². The van der Waals surface area contributed by atoms with E-state index >= 15 is 0 Å². The Morgan fingerprint density at radius 1 is 1.00 bits per heavy atom. The number of hydrogen-bond donors (Lipinski definition) is 2. The van der Waals surface area contributed by atoms with Crippen molar-refractivity contribution in [1.82, 2.24) is 10.2 Å². The molecule has 2 saturated carbocycles. The Balaban J connectivity index is 1.39. The molecule has 0 aromatic carbocycles. The molecule has 0 bridgehead atoms. The van der Waals surface area contributed by atoms with Gasteiger partial charge in [0.2, 0.25) is 0 Å². The minimum Gasteiger partial charge on any atom is -0.380 e. The molecule has 3 rings (SSSR count). The highest BCUT2D eigenvalue weighted by atomic mass is 16.3. The van der Waals surface area contributed by atoms with Gasteiger partial charge in [-0.3, -0.25) is 4.79 Å². The summed E-state index contributed by atoms with van der Waals surface area (Å²) in [4.78, 5) is 14.8. The fourth-order valence-electron chi connectivity index (χ4n) is 4.50. The number of carbonyl (C=O) groups excluding carboxylic acids is 1. The molecule has 1 aliphatic heterocycles. The monoisotopic (exact) mass is 308 g/mol. The topological polar surface area (TPSA) is 52.6 Å². The summed E-state index contributed by atoms with van der Waals surface area (Å²) in [5.41, 5.74) is -1.07. The third-order valence-corrected chi connectivity index (χ3v) is 6.02. The molecule has 3 aliphatic rings. The molecule has 0 unspecified atom stereocenters. The van der Waals surface area contributed by atoms with Crippen LogP contribution in [-0.4, -0.2) is 47.2 Å². The summed E-state index contributed by atoms with van der Waals surface area (Å²) in [6.07, 6.45) is 12.4. The normalized spacial score (nSPS) is 27.9. The molecule has 1 saturated heterocycles. The Morgan fingerprint density at radius 2 is 1.64 bits per heavy atom. The first kappa shape index (κ1) is 16.3. The van der Waals surface area contributed by atoms with E-state index in [4.69, 9.17) is 0 Å². The molecule has 0 aromatic rings. The summed E-state index contributed by atoms with van der Waals surface area (Å²) in [6.45, 7) is 3.45. The van der Waals surface area contributed by atoms with Crippen molar-refractivity contribution in [2.45, 2.75) is 82.3 Å². The molecule has 0 spiro atoms. The van der Waals surface area contributed by atoms with Crippen molar-refractivity contribution in [1.29, 1.82) is 0 Å². The van der Waals surface area contributed by atoms with Crippen LogP contribution in [0.4, 0.5) is 0 Å². The first-order valence-corrected chi connectivity index (χ1v) is 9.41. The van der Waals surface area contributed by atoms with Gasteiger partial charge in [-0.2, -0.15) is 0 Å². The van der Waals surface area contributed by atoms with E-state index in [1.54, 1.807) is 0 Å².